The zero-order valence-corrected chi connectivity index (χ0v) is 17.5. The fourth-order valence-electron chi connectivity index (χ4n) is 3.30. The second-order valence-electron chi connectivity index (χ2n) is 6.51. The summed E-state index contributed by atoms with van der Waals surface area (Å²) < 4.78 is 5.63. The predicted octanol–water partition coefficient (Wildman–Crippen LogP) is 6.96. The number of hydrogen-bond acceptors (Lipinski definition) is 3. The van der Waals surface area contributed by atoms with E-state index in [9.17, 15) is 4.79 Å². The van der Waals surface area contributed by atoms with E-state index in [-0.39, 0.29) is 5.78 Å². The average Bonchev–Trinajstić information content (AvgIpc) is 2.73. The molecule has 0 saturated carbocycles. The maximum absolute atomic E-state index is 12.4. The molecule has 1 aromatic heterocycles. The van der Waals surface area contributed by atoms with E-state index in [1.165, 1.54) is 6.92 Å². The molecule has 0 amide bonds. The summed E-state index contributed by atoms with van der Waals surface area (Å²) in [7, 11) is 1.55. The molecular weight excluding hydrogens is 382 g/mol. The summed E-state index contributed by atoms with van der Waals surface area (Å²) in [4.78, 5) is 17.2. The van der Waals surface area contributed by atoms with Crippen molar-refractivity contribution in [1.82, 2.24) is 4.98 Å². The minimum absolute atomic E-state index is 0.0936. The predicted molar refractivity (Wildman–Crippen MR) is 121 cm³/mol. The summed E-state index contributed by atoms with van der Waals surface area (Å²) >= 11 is 5.98. The van der Waals surface area contributed by atoms with E-state index < -0.39 is 0 Å². The first-order valence-electron chi connectivity index (χ1n) is 9.24. The molecule has 3 nitrogen and oxygen atoms in total. The first-order valence-corrected chi connectivity index (χ1v) is 9.62. The lowest BCUT2D eigenvalue weighted by Gasteiger charge is -2.17. The lowest BCUT2D eigenvalue weighted by Crippen LogP contribution is -2.07. The number of rotatable bonds is 6. The number of pyridine rings is 1. The van der Waals surface area contributed by atoms with Gasteiger partial charge in [0.1, 0.15) is 5.69 Å². The molecule has 0 spiro atoms. The van der Waals surface area contributed by atoms with E-state index in [0.29, 0.717) is 33.3 Å². The highest BCUT2D eigenvalue weighted by Crippen LogP contribution is 2.37. The second kappa shape index (κ2) is 8.89. The van der Waals surface area contributed by atoms with E-state index >= 15 is 0 Å². The number of aromatic nitrogens is 1. The average molecular weight is 404 g/mol. The Morgan fingerprint density at radius 2 is 1.59 bits per heavy atom. The van der Waals surface area contributed by atoms with Crippen molar-refractivity contribution in [3.8, 4) is 28.1 Å². The number of hydrogen-bond donors (Lipinski definition) is 0. The zero-order valence-electron chi connectivity index (χ0n) is 16.7. The number of carbonyl (C=O) groups excluding carboxylic acids is 1. The van der Waals surface area contributed by atoms with Crippen LogP contribution in [0.3, 0.4) is 0 Å². The Morgan fingerprint density at radius 3 is 2.07 bits per heavy atom. The molecule has 2 aromatic carbocycles. The van der Waals surface area contributed by atoms with Crippen molar-refractivity contribution in [3.05, 3.63) is 83.0 Å². The van der Waals surface area contributed by atoms with Gasteiger partial charge in [0.2, 0.25) is 0 Å². The smallest absolute Gasteiger partial charge is 0.164 e. The van der Waals surface area contributed by atoms with Crippen molar-refractivity contribution in [2.45, 2.75) is 13.8 Å². The maximum Gasteiger partial charge on any atom is 0.164 e. The van der Waals surface area contributed by atoms with E-state index in [2.05, 4.69) is 6.58 Å². The van der Waals surface area contributed by atoms with Gasteiger partial charge in [0.05, 0.1) is 18.4 Å². The molecule has 0 aliphatic heterocycles. The Hall–Kier alpha value is -3.17. The SMILES string of the molecule is C=Cc1c(/C=C\C)nc(-c2ccc(-c3ccc(Cl)cc3)cc2)c(OC)c1C(C)=O. The van der Waals surface area contributed by atoms with Gasteiger partial charge in [0, 0.05) is 16.1 Å². The lowest BCUT2D eigenvalue weighted by molar-refractivity contribution is 0.101. The van der Waals surface area contributed by atoms with Crippen molar-refractivity contribution in [3.63, 3.8) is 0 Å². The first kappa shape index (κ1) is 20.6. The third-order valence-corrected chi connectivity index (χ3v) is 4.89. The van der Waals surface area contributed by atoms with Gasteiger partial charge in [-0.3, -0.25) is 4.79 Å². The Morgan fingerprint density at radius 1 is 1.03 bits per heavy atom. The highest BCUT2D eigenvalue weighted by Gasteiger charge is 2.22. The standard InChI is InChI=1S/C25H22ClNO2/c1-5-7-22-21(6-2)23(16(3)28)25(29-4)24(27-22)19-10-8-17(9-11-19)18-12-14-20(26)15-13-18/h5-15H,2H2,1,3-4H3/b7-5-. The molecule has 4 heteroatoms. The fraction of sp³-hybridized carbons (Fsp3) is 0.120. The second-order valence-corrected chi connectivity index (χ2v) is 6.95. The van der Waals surface area contributed by atoms with Gasteiger partial charge in [-0.05, 0) is 43.2 Å². The van der Waals surface area contributed by atoms with Gasteiger partial charge in [-0.2, -0.15) is 0 Å². The number of Topliss-reactive ketones (excluding diaryl/α,β-unsaturated/α-hetero) is 1. The number of halogens is 1. The van der Waals surface area contributed by atoms with Crippen LogP contribution in [0, 0.1) is 0 Å². The van der Waals surface area contributed by atoms with Crippen molar-refractivity contribution in [2.24, 2.45) is 0 Å². The van der Waals surface area contributed by atoms with Gasteiger partial charge in [0.15, 0.2) is 11.5 Å². The number of ketones is 1. The van der Waals surface area contributed by atoms with Gasteiger partial charge < -0.3 is 4.74 Å². The van der Waals surface area contributed by atoms with Crippen LogP contribution in [0.5, 0.6) is 5.75 Å². The third kappa shape index (κ3) is 4.15. The van der Waals surface area contributed by atoms with E-state index in [1.54, 1.807) is 13.2 Å². The molecule has 0 aliphatic rings. The maximum atomic E-state index is 12.4. The van der Waals surface area contributed by atoms with E-state index in [0.717, 1.165) is 16.7 Å². The quantitative estimate of drug-likeness (QED) is 0.418. The number of nitrogens with zero attached hydrogens (tertiary/aromatic N) is 1. The van der Waals surface area contributed by atoms with Crippen LogP contribution in [0.4, 0.5) is 0 Å². The molecule has 1 heterocycles. The number of methoxy groups -OCH3 is 1. The van der Waals surface area contributed by atoms with Crippen molar-refractivity contribution in [1.29, 1.82) is 0 Å². The number of ether oxygens (including phenoxy) is 1. The Balaban J connectivity index is 2.18. The van der Waals surface area contributed by atoms with Gasteiger partial charge in [-0.1, -0.05) is 66.7 Å². The van der Waals surface area contributed by atoms with Crippen molar-refractivity contribution >= 4 is 29.5 Å². The topological polar surface area (TPSA) is 39.2 Å². The van der Waals surface area contributed by atoms with Crippen LogP contribution in [-0.2, 0) is 0 Å². The third-order valence-electron chi connectivity index (χ3n) is 4.64. The van der Waals surface area contributed by atoms with Crippen LogP contribution in [-0.4, -0.2) is 17.9 Å². The molecule has 146 valence electrons. The summed E-state index contributed by atoms with van der Waals surface area (Å²) in [5.74, 6) is 0.365. The number of allylic oxidation sites excluding steroid dienone is 1. The van der Waals surface area contributed by atoms with Gasteiger partial charge in [0.25, 0.3) is 0 Å². The van der Waals surface area contributed by atoms with Crippen molar-refractivity contribution < 1.29 is 9.53 Å². The number of benzene rings is 2. The molecule has 0 fully saturated rings. The van der Waals surface area contributed by atoms with Crippen LogP contribution in [0.15, 0.2) is 61.2 Å². The van der Waals surface area contributed by atoms with Gasteiger partial charge in [-0.15, -0.1) is 0 Å². The largest absolute Gasteiger partial charge is 0.494 e. The molecular formula is C25H22ClNO2. The molecule has 0 N–H and O–H groups in total. The van der Waals surface area contributed by atoms with Crippen LogP contribution >= 0.6 is 11.6 Å². The minimum atomic E-state index is -0.0936. The molecule has 0 bridgehead atoms. The highest BCUT2D eigenvalue weighted by atomic mass is 35.5. The summed E-state index contributed by atoms with van der Waals surface area (Å²) in [6.07, 6.45) is 5.41. The molecule has 0 radical (unpaired) electrons. The van der Waals surface area contributed by atoms with Crippen molar-refractivity contribution in [2.75, 3.05) is 7.11 Å². The molecule has 0 unspecified atom stereocenters. The highest BCUT2D eigenvalue weighted by molar-refractivity contribution is 6.30. The van der Waals surface area contributed by atoms with Crippen LogP contribution < -0.4 is 4.74 Å². The lowest BCUT2D eigenvalue weighted by atomic mass is 9.96. The molecule has 0 atom stereocenters. The molecule has 3 rings (SSSR count). The van der Waals surface area contributed by atoms with Gasteiger partial charge >= 0.3 is 0 Å². The Bertz CT molecular complexity index is 1080. The van der Waals surface area contributed by atoms with Gasteiger partial charge in [-0.25, -0.2) is 4.98 Å². The van der Waals surface area contributed by atoms with Crippen LogP contribution in [0.1, 0.15) is 35.5 Å². The zero-order chi connectivity index (χ0) is 21.0. The monoisotopic (exact) mass is 403 g/mol. The first-order chi connectivity index (χ1) is 14.0. The summed E-state index contributed by atoms with van der Waals surface area (Å²) in [6.45, 7) is 7.29. The molecule has 29 heavy (non-hydrogen) atoms. The van der Waals surface area contributed by atoms with E-state index in [1.807, 2.05) is 67.6 Å². The minimum Gasteiger partial charge on any atom is -0.494 e. The molecule has 3 aromatic rings. The summed E-state index contributed by atoms with van der Waals surface area (Å²) in [6, 6.07) is 15.7. The molecule has 0 aliphatic carbocycles. The fourth-order valence-corrected chi connectivity index (χ4v) is 3.42. The Kier molecular flexibility index (Phi) is 6.30. The number of carbonyl (C=O) groups is 1. The van der Waals surface area contributed by atoms with Crippen LogP contribution in [0.2, 0.25) is 5.02 Å². The summed E-state index contributed by atoms with van der Waals surface area (Å²) in [5, 5.41) is 0.704. The Labute approximate surface area is 176 Å². The molecule has 0 saturated heterocycles. The van der Waals surface area contributed by atoms with Crippen LogP contribution in [0.25, 0.3) is 34.5 Å². The van der Waals surface area contributed by atoms with E-state index in [4.69, 9.17) is 21.3 Å². The normalized spacial score (nSPS) is 10.9. The summed E-state index contributed by atoms with van der Waals surface area (Å²) in [5.41, 5.74) is 5.47.